The lowest BCUT2D eigenvalue weighted by molar-refractivity contribution is -0.141. The van der Waals surface area contributed by atoms with Crippen LogP contribution in [0.4, 0.5) is 4.39 Å². The molecule has 0 radical (unpaired) electrons. The lowest BCUT2D eigenvalue weighted by atomic mass is 9.96. The summed E-state index contributed by atoms with van der Waals surface area (Å²) in [7, 11) is 0. The Morgan fingerprint density at radius 3 is 2.58 bits per heavy atom. The Hall–Kier alpha value is -2.30. The molecule has 2 rings (SSSR count). The number of hydrogen-bond donors (Lipinski definition) is 1. The zero-order valence-corrected chi connectivity index (χ0v) is 10.2. The summed E-state index contributed by atoms with van der Waals surface area (Å²) in [4.78, 5) is 19.3. The minimum atomic E-state index is -0.934. The molecule has 0 spiro atoms. The van der Waals surface area contributed by atoms with Gasteiger partial charge in [-0.15, -0.1) is 0 Å². The minimum absolute atomic E-state index is 0.229. The first-order valence-corrected chi connectivity index (χ1v) is 5.88. The zero-order valence-electron chi connectivity index (χ0n) is 10.2. The molecular formula is C14H13FN2O2. The van der Waals surface area contributed by atoms with Gasteiger partial charge in [0.15, 0.2) is 0 Å². The SMILES string of the molecule is O=C(O)C(Cc1cccc(F)c1)Cc1ncccn1. The molecule has 0 aliphatic heterocycles. The second-order valence-corrected chi connectivity index (χ2v) is 4.24. The van der Waals surface area contributed by atoms with Crippen LogP contribution < -0.4 is 0 Å². The molecule has 4 nitrogen and oxygen atoms in total. The van der Waals surface area contributed by atoms with Crippen LogP contribution in [0.25, 0.3) is 0 Å². The van der Waals surface area contributed by atoms with Crippen molar-refractivity contribution in [3.8, 4) is 0 Å². The Morgan fingerprint density at radius 2 is 1.95 bits per heavy atom. The van der Waals surface area contributed by atoms with E-state index in [0.29, 0.717) is 11.4 Å². The summed E-state index contributed by atoms with van der Waals surface area (Å²) in [6, 6.07) is 7.64. The van der Waals surface area contributed by atoms with Gasteiger partial charge in [0.25, 0.3) is 0 Å². The van der Waals surface area contributed by atoms with Crippen molar-refractivity contribution in [1.82, 2.24) is 9.97 Å². The van der Waals surface area contributed by atoms with Crippen LogP contribution >= 0.6 is 0 Å². The van der Waals surface area contributed by atoms with Crippen LogP contribution in [0, 0.1) is 11.7 Å². The molecule has 1 heterocycles. The van der Waals surface area contributed by atoms with Crippen LogP contribution in [0.15, 0.2) is 42.7 Å². The fourth-order valence-corrected chi connectivity index (χ4v) is 1.85. The van der Waals surface area contributed by atoms with Crippen molar-refractivity contribution in [2.75, 3.05) is 0 Å². The minimum Gasteiger partial charge on any atom is -0.481 e. The van der Waals surface area contributed by atoms with Crippen molar-refractivity contribution < 1.29 is 14.3 Å². The molecule has 0 aliphatic carbocycles. The number of nitrogens with zero attached hydrogens (tertiary/aromatic N) is 2. The lowest BCUT2D eigenvalue weighted by Crippen LogP contribution is -2.20. The van der Waals surface area contributed by atoms with E-state index >= 15 is 0 Å². The van der Waals surface area contributed by atoms with E-state index in [4.69, 9.17) is 0 Å². The van der Waals surface area contributed by atoms with Crippen molar-refractivity contribution in [2.24, 2.45) is 5.92 Å². The molecule has 1 unspecified atom stereocenters. The van der Waals surface area contributed by atoms with E-state index in [1.54, 1.807) is 30.6 Å². The Labute approximate surface area is 110 Å². The monoisotopic (exact) mass is 260 g/mol. The summed E-state index contributed by atoms with van der Waals surface area (Å²) in [6.07, 6.45) is 3.63. The number of aliphatic carboxylic acids is 1. The number of benzene rings is 1. The maximum absolute atomic E-state index is 13.1. The molecule has 0 amide bonds. The molecule has 0 bridgehead atoms. The van der Waals surface area contributed by atoms with Crippen LogP contribution in [0.2, 0.25) is 0 Å². The van der Waals surface area contributed by atoms with Gasteiger partial charge < -0.3 is 5.11 Å². The zero-order chi connectivity index (χ0) is 13.7. The summed E-state index contributed by atoms with van der Waals surface area (Å²) >= 11 is 0. The van der Waals surface area contributed by atoms with Gasteiger partial charge in [-0.1, -0.05) is 12.1 Å². The van der Waals surface area contributed by atoms with E-state index in [1.165, 1.54) is 12.1 Å². The second-order valence-electron chi connectivity index (χ2n) is 4.24. The molecular weight excluding hydrogens is 247 g/mol. The number of halogens is 1. The van der Waals surface area contributed by atoms with Crippen molar-refractivity contribution in [2.45, 2.75) is 12.8 Å². The highest BCUT2D eigenvalue weighted by atomic mass is 19.1. The first kappa shape index (κ1) is 13.1. The smallest absolute Gasteiger partial charge is 0.307 e. The first-order valence-electron chi connectivity index (χ1n) is 5.88. The molecule has 1 N–H and O–H groups in total. The van der Waals surface area contributed by atoms with Gasteiger partial charge in [-0.05, 0) is 30.2 Å². The molecule has 2 aromatic rings. The Morgan fingerprint density at radius 1 is 1.21 bits per heavy atom. The van der Waals surface area contributed by atoms with Gasteiger partial charge in [0, 0.05) is 18.8 Å². The van der Waals surface area contributed by atoms with Gasteiger partial charge in [-0.2, -0.15) is 0 Å². The molecule has 5 heteroatoms. The third-order valence-corrected chi connectivity index (χ3v) is 2.77. The number of aromatic nitrogens is 2. The molecule has 0 aliphatic rings. The van der Waals surface area contributed by atoms with Crippen molar-refractivity contribution in [3.05, 3.63) is 59.9 Å². The molecule has 1 aromatic carbocycles. The molecule has 0 saturated heterocycles. The van der Waals surface area contributed by atoms with E-state index in [9.17, 15) is 14.3 Å². The van der Waals surface area contributed by atoms with Crippen LogP contribution in [-0.4, -0.2) is 21.0 Å². The Bertz CT molecular complexity index is 560. The van der Waals surface area contributed by atoms with Crippen LogP contribution in [0.5, 0.6) is 0 Å². The first-order chi connectivity index (χ1) is 9.15. The summed E-state index contributed by atoms with van der Waals surface area (Å²) in [6.45, 7) is 0. The molecule has 1 atom stereocenters. The summed E-state index contributed by atoms with van der Waals surface area (Å²) in [5.41, 5.74) is 0.656. The molecule has 19 heavy (non-hydrogen) atoms. The maximum atomic E-state index is 13.1. The third kappa shape index (κ3) is 3.84. The van der Waals surface area contributed by atoms with E-state index in [2.05, 4.69) is 9.97 Å². The fraction of sp³-hybridized carbons (Fsp3) is 0.214. The standard InChI is InChI=1S/C14H13FN2O2/c15-12-4-1-3-10(8-12)7-11(14(18)19)9-13-16-5-2-6-17-13/h1-6,8,11H,7,9H2,(H,18,19). The van der Waals surface area contributed by atoms with E-state index in [1.807, 2.05) is 0 Å². The Balaban J connectivity index is 2.11. The highest BCUT2D eigenvalue weighted by molar-refractivity contribution is 5.70. The van der Waals surface area contributed by atoms with Crippen molar-refractivity contribution in [1.29, 1.82) is 0 Å². The molecule has 0 fully saturated rings. The van der Waals surface area contributed by atoms with Gasteiger partial charge >= 0.3 is 5.97 Å². The average molecular weight is 260 g/mol. The Kier molecular flexibility index (Phi) is 4.18. The number of rotatable bonds is 5. The van der Waals surface area contributed by atoms with E-state index < -0.39 is 11.9 Å². The fourth-order valence-electron chi connectivity index (χ4n) is 1.85. The number of carbonyl (C=O) groups is 1. The molecule has 0 saturated carbocycles. The number of carboxylic acid groups (broad SMARTS) is 1. The van der Waals surface area contributed by atoms with E-state index in [0.717, 1.165) is 0 Å². The number of carboxylic acids is 1. The van der Waals surface area contributed by atoms with E-state index in [-0.39, 0.29) is 18.7 Å². The highest BCUT2D eigenvalue weighted by Gasteiger charge is 2.20. The normalized spacial score (nSPS) is 12.1. The second kappa shape index (κ2) is 6.04. The highest BCUT2D eigenvalue weighted by Crippen LogP contribution is 2.14. The van der Waals surface area contributed by atoms with Crippen molar-refractivity contribution >= 4 is 5.97 Å². The average Bonchev–Trinajstić information content (AvgIpc) is 2.39. The lowest BCUT2D eigenvalue weighted by Gasteiger charge is -2.11. The summed E-state index contributed by atoms with van der Waals surface area (Å²) in [5, 5.41) is 9.22. The van der Waals surface area contributed by atoms with Crippen LogP contribution in [-0.2, 0) is 17.6 Å². The number of hydrogen-bond acceptors (Lipinski definition) is 3. The van der Waals surface area contributed by atoms with Gasteiger partial charge in [0.1, 0.15) is 11.6 Å². The summed E-state index contributed by atoms with van der Waals surface area (Å²) < 4.78 is 13.1. The van der Waals surface area contributed by atoms with Crippen molar-refractivity contribution in [3.63, 3.8) is 0 Å². The van der Waals surface area contributed by atoms with Gasteiger partial charge in [0.05, 0.1) is 5.92 Å². The van der Waals surface area contributed by atoms with Crippen LogP contribution in [0.3, 0.4) is 0 Å². The predicted molar refractivity (Wildman–Crippen MR) is 67.0 cm³/mol. The third-order valence-electron chi connectivity index (χ3n) is 2.77. The van der Waals surface area contributed by atoms with Gasteiger partial charge in [0.2, 0.25) is 0 Å². The van der Waals surface area contributed by atoms with Crippen LogP contribution in [0.1, 0.15) is 11.4 Å². The largest absolute Gasteiger partial charge is 0.481 e. The maximum Gasteiger partial charge on any atom is 0.307 e. The molecule has 1 aromatic heterocycles. The van der Waals surface area contributed by atoms with Gasteiger partial charge in [-0.25, -0.2) is 14.4 Å². The predicted octanol–water partition coefficient (Wildman–Crippen LogP) is 2.10. The molecule has 98 valence electrons. The summed E-state index contributed by atoms with van der Waals surface area (Å²) in [5.74, 6) is -1.48. The quantitative estimate of drug-likeness (QED) is 0.894. The topological polar surface area (TPSA) is 63.1 Å². The van der Waals surface area contributed by atoms with Gasteiger partial charge in [-0.3, -0.25) is 4.79 Å².